The molecule has 0 heterocycles. The van der Waals surface area contributed by atoms with Gasteiger partial charge in [-0.2, -0.15) is 5.26 Å². The average molecular weight is 289 g/mol. The monoisotopic (exact) mass is 289 g/mol. The van der Waals surface area contributed by atoms with Crippen LogP contribution in [0.1, 0.15) is 58.3 Å². The van der Waals surface area contributed by atoms with E-state index in [1.165, 1.54) is 6.92 Å². The van der Waals surface area contributed by atoms with Crippen LogP contribution in [0.15, 0.2) is 0 Å². The Morgan fingerprint density at radius 1 is 1.33 bits per heavy atom. The third-order valence-corrected chi connectivity index (χ3v) is 5.98. The van der Waals surface area contributed by atoms with Gasteiger partial charge in [-0.25, -0.2) is 0 Å². The molecule has 0 amide bonds. The fraction of sp³-hybridized carbons (Fsp3) is 0.824. The lowest BCUT2D eigenvalue weighted by atomic mass is 9.51. The summed E-state index contributed by atoms with van der Waals surface area (Å²) < 4.78 is 5.39. The van der Waals surface area contributed by atoms with E-state index in [-0.39, 0.29) is 17.9 Å². The number of carbonyl (C=O) groups is 2. The van der Waals surface area contributed by atoms with Crippen LogP contribution in [0.4, 0.5) is 0 Å². The van der Waals surface area contributed by atoms with Gasteiger partial charge in [0.15, 0.2) is 0 Å². The minimum absolute atomic E-state index is 0.0589. The molecule has 0 spiro atoms. The van der Waals surface area contributed by atoms with Crippen LogP contribution in [-0.2, 0) is 14.3 Å². The first-order chi connectivity index (χ1) is 10.0. The smallest absolute Gasteiger partial charge is 0.302 e. The highest BCUT2D eigenvalue weighted by molar-refractivity contribution is 5.80. The number of esters is 1. The van der Waals surface area contributed by atoms with Crippen molar-refractivity contribution < 1.29 is 14.3 Å². The van der Waals surface area contributed by atoms with Gasteiger partial charge in [0.1, 0.15) is 11.9 Å². The summed E-state index contributed by atoms with van der Waals surface area (Å²) in [6.45, 7) is 1.47. The first kappa shape index (κ1) is 14.6. The summed E-state index contributed by atoms with van der Waals surface area (Å²) in [5.41, 5.74) is -0.398. The molecule has 4 heteroatoms. The van der Waals surface area contributed by atoms with Gasteiger partial charge < -0.3 is 4.74 Å². The Kier molecular flexibility index (Phi) is 3.77. The molecule has 3 rings (SSSR count). The lowest BCUT2D eigenvalue weighted by molar-refractivity contribution is -0.152. The summed E-state index contributed by atoms with van der Waals surface area (Å²) in [6.07, 6.45) is 6.77. The third-order valence-electron chi connectivity index (χ3n) is 5.98. The van der Waals surface area contributed by atoms with Crippen molar-refractivity contribution in [2.75, 3.05) is 0 Å². The molecular formula is C17H23NO3. The van der Waals surface area contributed by atoms with Gasteiger partial charge in [0, 0.05) is 19.8 Å². The first-order valence-corrected chi connectivity index (χ1v) is 8.14. The highest BCUT2D eigenvalue weighted by Crippen LogP contribution is 2.57. The van der Waals surface area contributed by atoms with Crippen LogP contribution >= 0.6 is 0 Å². The number of hydrogen-bond acceptors (Lipinski definition) is 4. The number of nitriles is 1. The summed E-state index contributed by atoms with van der Waals surface area (Å²) in [4.78, 5) is 22.9. The van der Waals surface area contributed by atoms with Crippen molar-refractivity contribution in [2.24, 2.45) is 23.2 Å². The largest absolute Gasteiger partial charge is 0.463 e. The molecule has 1 unspecified atom stereocenters. The molecule has 3 aliphatic carbocycles. The zero-order valence-electron chi connectivity index (χ0n) is 12.6. The van der Waals surface area contributed by atoms with Gasteiger partial charge in [0.05, 0.1) is 11.5 Å². The van der Waals surface area contributed by atoms with Crippen molar-refractivity contribution in [2.45, 2.75) is 64.4 Å². The topological polar surface area (TPSA) is 67.2 Å². The highest BCUT2D eigenvalue weighted by Gasteiger charge is 2.53. The van der Waals surface area contributed by atoms with Crippen LogP contribution in [0.2, 0.25) is 0 Å². The predicted octanol–water partition coefficient (Wildman–Crippen LogP) is 3.01. The van der Waals surface area contributed by atoms with E-state index in [1.54, 1.807) is 0 Å². The molecule has 3 saturated carbocycles. The number of nitrogens with zero attached hydrogens (tertiary/aromatic N) is 1. The Bertz CT molecular complexity index is 495. The Hall–Kier alpha value is -1.37. The summed E-state index contributed by atoms with van der Waals surface area (Å²) in [7, 11) is 0. The van der Waals surface area contributed by atoms with E-state index >= 15 is 0 Å². The van der Waals surface area contributed by atoms with Gasteiger partial charge in [-0.1, -0.05) is 0 Å². The van der Waals surface area contributed by atoms with Gasteiger partial charge in [0.2, 0.25) is 0 Å². The second-order valence-corrected chi connectivity index (χ2v) is 7.14. The Balaban J connectivity index is 1.75. The average Bonchev–Trinajstić information content (AvgIpc) is 2.46. The van der Waals surface area contributed by atoms with Crippen molar-refractivity contribution in [1.82, 2.24) is 0 Å². The SMILES string of the molecule is CC(=O)O[C@H]1CC[C@H]2[C@@H](CCC3(C#N)CC(=O)CC[C@H]23)C1. The summed E-state index contributed by atoms with van der Waals surface area (Å²) in [6, 6.07) is 2.52. The van der Waals surface area contributed by atoms with Crippen molar-refractivity contribution >= 4 is 11.8 Å². The summed E-state index contributed by atoms with van der Waals surface area (Å²) in [5.74, 6) is 1.54. The molecule has 0 aromatic carbocycles. The zero-order valence-corrected chi connectivity index (χ0v) is 12.6. The number of hydrogen-bond donors (Lipinski definition) is 0. The van der Waals surface area contributed by atoms with Crippen molar-refractivity contribution in [3.8, 4) is 6.07 Å². The van der Waals surface area contributed by atoms with E-state index in [1.807, 2.05) is 0 Å². The van der Waals surface area contributed by atoms with E-state index < -0.39 is 5.41 Å². The maximum Gasteiger partial charge on any atom is 0.302 e. The molecule has 0 N–H and O–H groups in total. The second-order valence-electron chi connectivity index (χ2n) is 7.14. The number of rotatable bonds is 1. The molecule has 114 valence electrons. The van der Waals surface area contributed by atoms with Gasteiger partial charge in [-0.15, -0.1) is 0 Å². The van der Waals surface area contributed by atoms with Crippen LogP contribution in [-0.4, -0.2) is 17.9 Å². The van der Waals surface area contributed by atoms with Gasteiger partial charge in [0.25, 0.3) is 0 Å². The quantitative estimate of drug-likeness (QED) is 0.696. The molecule has 0 saturated heterocycles. The van der Waals surface area contributed by atoms with Crippen LogP contribution in [0.25, 0.3) is 0 Å². The Labute approximate surface area is 125 Å². The van der Waals surface area contributed by atoms with Gasteiger partial charge in [-0.05, 0) is 56.3 Å². The number of ketones is 1. The molecule has 0 aliphatic heterocycles. The maximum atomic E-state index is 11.8. The fourth-order valence-electron chi connectivity index (χ4n) is 5.13. The zero-order chi connectivity index (χ0) is 15.0. The molecular weight excluding hydrogens is 266 g/mol. The molecule has 3 aliphatic rings. The molecule has 0 bridgehead atoms. The normalized spacial score (nSPS) is 42.4. The molecule has 0 radical (unpaired) electrons. The Morgan fingerprint density at radius 3 is 2.86 bits per heavy atom. The van der Waals surface area contributed by atoms with E-state index in [2.05, 4.69) is 6.07 Å². The van der Waals surface area contributed by atoms with E-state index in [0.717, 1.165) is 38.5 Å². The Morgan fingerprint density at radius 2 is 2.14 bits per heavy atom. The number of carbonyl (C=O) groups excluding carboxylic acids is 2. The van der Waals surface area contributed by atoms with Crippen LogP contribution < -0.4 is 0 Å². The third kappa shape index (κ3) is 2.59. The second kappa shape index (κ2) is 5.44. The van der Waals surface area contributed by atoms with Gasteiger partial charge in [-0.3, -0.25) is 9.59 Å². The van der Waals surface area contributed by atoms with Gasteiger partial charge >= 0.3 is 5.97 Å². The number of ether oxygens (including phenoxy) is 1. The highest BCUT2D eigenvalue weighted by atomic mass is 16.5. The first-order valence-electron chi connectivity index (χ1n) is 8.14. The number of Topliss-reactive ketones (excluding diaryl/α,β-unsaturated/α-hetero) is 1. The van der Waals surface area contributed by atoms with E-state index in [9.17, 15) is 14.9 Å². The molecule has 3 fully saturated rings. The number of fused-ring (bicyclic) bond motifs is 3. The minimum Gasteiger partial charge on any atom is -0.463 e. The standard InChI is InChI=1S/C17H23NO3/c1-11(19)21-14-3-4-15-12(8-14)6-7-17(10-18)9-13(20)2-5-16(15)17/h12,14-16H,2-9H2,1H3/t12-,14-,15-,16+,17?/m0/s1. The van der Waals surface area contributed by atoms with Crippen molar-refractivity contribution in [3.63, 3.8) is 0 Å². The van der Waals surface area contributed by atoms with Crippen LogP contribution in [0.5, 0.6) is 0 Å². The lowest BCUT2D eigenvalue weighted by Crippen LogP contribution is -2.49. The predicted molar refractivity (Wildman–Crippen MR) is 76.0 cm³/mol. The molecule has 0 aromatic rings. The molecule has 5 atom stereocenters. The molecule has 4 nitrogen and oxygen atoms in total. The minimum atomic E-state index is -0.398. The summed E-state index contributed by atoms with van der Waals surface area (Å²) in [5, 5.41) is 9.68. The van der Waals surface area contributed by atoms with E-state index in [4.69, 9.17) is 4.74 Å². The summed E-state index contributed by atoms with van der Waals surface area (Å²) >= 11 is 0. The lowest BCUT2D eigenvalue weighted by Gasteiger charge is -2.52. The van der Waals surface area contributed by atoms with Crippen molar-refractivity contribution in [3.05, 3.63) is 0 Å². The fourth-order valence-corrected chi connectivity index (χ4v) is 5.13. The maximum absolute atomic E-state index is 11.8. The molecule has 0 aromatic heterocycles. The molecule has 21 heavy (non-hydrogen) atoms. The van der Waals surface area contributed by atoms with E-state index in [0.29, 0.717) is 30.6 Å². The van der Waals surface area contributed by atoms with Crippen LogP contribution in [0.3, 0.4) is 0 Å². The van der Waals surface area contributed by atoms with Crippen LogP contribution in [0, 0.1) is 34.5 Å². The van der Waals surface area contributed by atoms with Crippen molar-refractivity contribution in [1.29, 1.82) is 5.26 Å².